The fourth-order valence-corrected chi connectivity index (χ4v) is 3.42. The van der Waals surface area contributed by atoms with E-state index in [1.807, 2.05) is 0 Å². The van der Waals surface area contributed by atoms with Gasteiger partial charge in [0.2, 0.25) is 0 Å². The van der Waals surface area contributed by atoms with E-state index in [0.29, 0.717) is 5.69 Å². The Morgan fingerprint density at radius 2 is 2.21 bits per heavy atom. The van der Waals surface area contributed by atoms with Crippen molar-refractivity contribution in [1.82, 2.24) is 15.2 Å². The molecule has 0 amide bonds. The van der Waals surface area contributed by atoms with Crippen LogP contribution in [0.15, 0.2) is 34.8 Å². The SMILES string of the molecule is Nc1[nH]ncc1S(=O)(=O)Nc1ccc2ncsc2c1. The second-order valence-electron chi connectivity index (χ2n) is 3.79. The summed E-state index contributed by atoms with van der Waals surface area (Å²) >= 11 is 1.44. The highest BCUT2D eigenvalue weighted by Gasteiger charge is 2.19. The first-order valence-electron chi connectivity index (χ1n) is 5.21. The molecule has 0 aliphatic heterocycles. The zero-order valence-corrected chi connectivity index (χ0v) is 11.1. The number of benzene rings is 1. The summed E-state index contributed by atoms with van der Waals surface area (Å²) in [6.07, 6.45) is 1.17. The predicted octanol–water partition coefficient (Wildman–Crippen LogP) is 1.40. The highest BCUT2D eigenvalue weighted by atomic mass is 32.2. The number of hydrogen-bond acceptors (Lipinski definition) is 6. The molecule has 9 heteroatoms. The Balaban J connectivity index is 1.98. The highest BCUT2D eigenvalue weighted by Crippen LogP contribution is 2.24. The second kappa shape index (κ2) is 4.21. The normalized spacial score (nSPS) is 11.8. The Kier molecular flexibility index (Phi) is 2.64. The van der Waals surface area contributed by atoms with Crippen molar-refractivity contribution >= 4 is 43.1 Å². The molecule has 2 aromatic heterocycles. The molecule has 98 valence electrons. The molecule has 0 atom stereocenters. The van der Waals surface area contributed by atoms with Crippen molar-refractivity contribution in [3.05, 3.63) is 29.9 Å². The lowest BCUT2D eigenvalue weighted by atomic mass is 10.3. The summed E-state index contributed by atoms with van der Waals surface area (Å²) in [6, 6.07) is 5.12. The van der Waals surface area contributed by atoms with E-state index in [0.717, 1.165) is 10.2 Å². The van der Waals surface area contributed by atoms with Gasteiger partial charge in [0.25, 0.3) is 10.0 Å². The Labute approximate surface area is 112 Å². The van der Waals surface area contributed by atoms with Gasteiger partial charge in [0.15, 0.2) is 0 Å². The molecule has 1 aromatic carbocycles. The molecule has 0 aliphatic carbocycles. The number of aromatic amines is 1. The molecular weight excluding hydrogens is 286 g/mol. The van der Waals surface area contributed by atoms with Crippen LogP contribution in [0.25, 0.3) is 10.2 Å². The van der Waals surface area contributed by atoms with Gasteiger partial charge in [0, 0.05) is 0 Å². The van der Waals surface area contributed by atoms with Crippen LogP contribution in [0.4, 0.5) is 11.5 Å². The van der Waals surface area contributed by atoms with E-state index in [1.165, 1.54) is 17.5 Å². The van der Waals surface area contributed by atoms with Gasteiger partial charge in [-0.2, -0.15) is 5.10 Å². The number of aromatic nitrogens is 3. The second-order valence-corrected chi connectivity index (χ2v) is 6.33. The number of H-pyrrole nitrogens is 1. The Morgan fingerprint density at radius 1 is 1.37 bits per heavy atom. The quantitative estimate of drug-likeness (QED) is 0.676. The van der Waals surface area contributed by atoms with E-state index in [1.54, 1.807) is 23.7 Å². The highest BCUT2D eigenvalue weighted by molar-refractivity contribution is 7.92. The Bertz CT molecular complexity index is 836. The number of nitrogens with zero attached hydrogens (tertiary/aromatic N) is 2. The van der Waals surface area contributed by atoms with Gasteiger partial charge in [0.05, 0.1) is 27.6 Å². The molecule has 19 heavy (non-hydrogen) atoms. The van der Waals surface area contributed by atoms with Gasteiger partial charge in [-0.15, -0.1) is 11.3 Å². The number of nitrogen functional groups attached to an aromatic ring is 1. The zero-order chi connectivity index (χ0) is 13.5. The molecule has 0 aliphatic rings. The maximum atomic E-state index is 12.1. The van der Waals surface area contributed by atoms with Crippen molar-refractivity contribution in [3.63, 3.8) is 0 Å². The number of sulfonamides is 1. The van der Waals surface area contributed by atoms with Crippen LogP contribution in [0.5, 0.6) is 0 Å². The molecule has 2 heterocycles. The summed E-state index contributed by atoms with van der Waals surface area (Å²) in [7, 11) is -3.74. The molecule has 3 rings (SSSR count). The average Bonchev–Trinajstić information content (AvgIpc) is 2.96. The summed E-state index contributed by atoms with van der Waals surface area (Å²) < 4.78 is 27.5. The molecule has 4 N–H and O–H groups in total. The molecule has 0 bridgehead atoms. The maximum absolute atomic E-state index is 12.1. The van der Waals surface area contributed by atoms with Gasteiger partial charge < -0.3 is 5.73 Å². The zero-order valence-electron chi connectivity index (χ0n) is 9.49. The van der Waals surface area contributed by atoms with Crippen molar-refractivity contribution < 1.29 is 8.42 Å². The van der Waals surface area contributed by atoms with Crippen LogP contribution in [0, 0.1) is 0 Å². The summed E-state index contributed by atoms with van der Waals surface area (Å²) in [5.74, 6) is 0.00590. The smallest absolute Gasteiger partial charge is 0.267 e. The summed E-state index contributed by atoms with van der Waals surface area (Å²) in [6.45, 7) is 0. The number of nitrogens with one attached hydrogen (secondary N) is 2. The minimum Gasteiger partial charge on any atom is -0.383 e. The first kappa shape index (κ1) is 11.9. The molecule has 0 radical (unpaired) electrons. The number of anilines is 2. The number of rotatable bonds is 3. The Hall–Kier alpha value is -2.13. The van der Waals surface area contributed by atoms with Gasteiger partial charge in [-0.05, 0) is 18.2 Å². The van der Waals surface area contributed by atoms with E-state index in [-0.39, 0.29) is 10.7 Å². The largest absolute Gasteiger partial charge is 0.383 e. The standard InChI is InChI=1S/C10H9N5O2S2/c11-10-9(4-13-14-10)19(16,17)15-6-1-2-7-8(3-6)18-5-12-7/h1-5,15H,(H3,11,13,14). The van der Waals surface area contributed by atoms with Crippen LogP contribution < -0.4 is 10.5 Å². The maximum Gasteiger partial charge on any atom is 0.267 e. The minimum absolute atomic E-state index is 0.00590. The van der Waals surface area contributed by atoms with Crippen LogP contribution in [0.3, 0.4) is 0 Å². The summed E-state index contributed by atoms with van der Waals surface area (Å²) in [5, 5.41) is 5.98. The van der Waals surface area contributed by atoms with Gasteiger partial charge in [0.1, 0.15) is 10.7 Å². The first-order valence-corrected chi connectivity index (χ1v) is 7.57. The molecule has 0 unspecified atom stereocenters. The van der Waals surface area contributed by atoms with Gasteiger partial charge in [-0.25, -0.2) is 13.4 Å². The first-order chi connectivity index (χ1) is 9.06. The summed E-state index contributed by atoms with van der Waals surface area (Å²) in [4.78, 5) is 4.05. The third kappa shape index (κ3) is 2.13. The molecule has 7 nitrogen and oxygen atoms in total. The molecule has 0 saturated heterocycles. The number of nitrogens with two attached hydrogens (primary N) is 1. The van der Waals surface area contributed by atoms with Crippen LogP contribution in [0.2, 0.25) is 0 Å². The van der Waals surface area contributed by atoms with Crippen LogP contribution in [-0.4, -0.2) is 23.6 Å². The fraction of sp³-hybridized carbons (Fsp3) is 0. The predicted molar refractivity (Wildman–Crippen MR) is 73.4 cm³/mol. The van der Waals surface area contributed by atoms with Crippen molar-refractivity contribution in [3.8, 4) is 0 Å². The molecule has 3 aromatic rings. The fourth-order valence-electron chi connectivity index (χ4n) is 1.63. The van der Waals surface area contributed by atoms with Gasteiger partial charge in [-0.1, -0.05) is 0 Å². The van der Waals surface area contributed by atoms with Crippen molar-refractivity contribution in [2.45, 2.75) is 4.90 Å². The summed E-state index contributed by atoms with van der Waals surface area (Å²) in [5.41, 5.74) is 8.50. The molecule has 0 fully saturated rings. The van der Waals surface area contributed by atoms with E-state index >= 15 is 0 Å². The minimum atomic E-state index is -3.74. The van der Waals surface area contributed by atoms with Crippen LogP contribution >= 0.6 is 11.3 Å². The number of thiazole rings is 1. The van der Waals surface area contributed by atoms with Crippen LogP contribution in [-0.2, 0) is 10.0 Å². The van der Waals surface area contributed by atoms with Crippen LogP contribution in [0.1, 0.15) is 0 Å². The lowest BCUT2D eigenvalue weighted by molar-refractivity contribution is 0.601. The van der Waals surface area contributed by atoms with Crippen molar-refractivity contribution in [2.75, 3.05) is 10.5 Å². The van der Waals surface area contributed by atoms with E-state index in [2.05, 4.69) is 19.9 Å². The average molecular weight is 295 g/mol. The number of hydrogen-bond donors (Lipinski definition) is 3. The third-order valence-electron chi connectivity index (χ3n) is 2.51. The van der Waals surface area contributed by atoms with E-state index in [9.17, 15) is 8.42 Å². The Morgan fingerprint density at radius 3 is 2.95 bits per heavy atom. The lowest BCUT2D eigenvalue weighted by Gasteiger charge is -2.06. The van der Waals surface area contributed by atoms with Gasteiger partial charge >= 0.3 is 0 Å². The lowest BCUT2D eigenvalue weighted by Crippen LogP contribution is -2.13. The molecule has 0 saturated carbocycles. The van der Waals surface area contributed by atoms with Crippen molar-refractivity contribution in [2.24, 2.45) is 0 Å². The van der Waals surface area contributed by atoms with E-state index < -0.39 is 10.0 Å². The topological polar surface area (TPSA) is 114 Å². The number of fused-ring (bicyclic) bond motifs is 1. The third-order valence-corrected chi connectivity index (χ3v) is 4.71. The molecular formula is C10H9N5O2S2. The molecule has 0 spiro atoms. The van der Waals surface area contributed by atoms with Gasteiger partial charge in [-0.3, -0.25) is 9.82 Å². The monoisotopic (exact) mass is 295 g/mol. The van der Waals surface area contributed by atoms with E-state index in [4.69, 9.17) is 5.73 Å². The van der Waals surface area contributed by atoms with Crippen molar-refractivity contribution in [1.29, 1.82) is 0 Å².